The van der Waals surface area contributed by atoms with Gasteiger partial charge in [-0.05, 0) is 44.5 Å². The van der Waals surface area contributed by atoms with Gasteiger partial charge in [-0.25, -0.2) is 4.98 Å². The van der Waals surface area contributed by atoms with Gasteiger partial charge in [-0.1, -0.05) is 24.3 Å². The normalized spacial score (nSPS) is 11.8. The summed E-state index contributed by atoms with van der Waals surface area (Å²) in [4.78, 5) is 9.46. The number of imidazole rings is 1. The van der Waals surface area contributed by atoms with Crippen LogP contribution < -0.4 is 0 Å². The van der Waals surface area contributed by atoms with Gasteiger partial charge in [-0.3, -0.25) is 4.98 Å². The third kappa shape index (κ3) is 2.02. The average Bonchev–Trinajstić information content (AvgIpc) is 3.13. The van der Waals surface area contributed by atoms with Gasteiger partial charge < -0.3 is 8.98 Å². The number of rotatable bonds is 1. The van der Waals surface area contributed by atoms with Crippen molar-refractivity contribution in [2.45, 2.75) is 20.8 Å². The van der Waals surface area contributed by atoms with Gasteiger partial charge >= 0.3 is 0 Å². The highest BCUT2D eigenvalue weighted by molar-refractivity contribution is 6.09. The number of hydrogen-bond acceptors (Lipinski definition) is 3. The molecule has 5 aromatic rings. The lowest BCUT2D eigenvalue weighted by atomic mass is 10.1. The second-order valence-electron chi connectivity index (χ2n) is 7.00. The van der Waals surface area contributed by atoms with E-state index in [2.05, 4.69) is 66.0 Å². The molecule has 0 fully saturated rings. The molecule has 0 aliphatic carbocycles. The summed E-state index contributed by atoms with van der Waals surface area (Å²) in [6.45, 7) is 6.11. The van der Waals surface area contributed by atoms with E-state index in [1.165, 1.54) is 5.56 Å². The van der Waals surface area contributed by atoms with E-state index >= 15 is 0 Å². The monoisotopic (exact) mass is 341 g/mol. The summed E-state index contributed by atoms with van der Waals surface area (Å²) in [5.41, 5.74) is 7.99. The number of furan rings is 1. The van der Waals surface area contributed by atoms with Gasteiger partial charge in [-0.15, -0.1) is 0 Å². The third-order valence-corrected chi connectivity index (χ3v) is 5.07. The first kappa shape index (κ1) is 15.1. The molecule has 0 aliphatic heterocycles. The summed E-state index contributed by atoms with van der Waals surface area (Å²) in [5.74, 6) is 0.900. The van der Waals surface area contributed by atoms with Crippen molar-refractivity contribution in [1.82, 2.24) is 14.5 Å². The van der Waals surface area contributed by atoms with Crippen molar-refractivity contribution in [3.8, 4) is 11.4 Å². The molecule has 0 saturated carbocycles. The average molecular weight is 341 g/mol. The lowest BCUT2D eigenvalue weighted by molar-refractivity contribution is 0.669. The van der Waals surface area contributed by atoms with Crippen LogP contribution in [0.5, 0.6) is 0 Å². The van der Waals surface area contributed by atoms with Crippen LogP contribution in [0.4, 0.5) is 0 Å². The SMILES string of the molecule is Cc1ccc2c(c1)oc1c(-c3nc4c(C)nc(C)cc4n3C)cccc12. The molecule has 0 aliphatic rings. The molecule has 0 saturated heterocycles. The van der Waals surface area contributed by atoms with E-state index < -0.39 is 0 Å². The van der Waals surface area contributed by atoms with Crippen LogP contribution in [0, 0.1) is 20.8 Å². The Morgan fingerprint density at radius 3 is 2.62 bits per heavy atom. The molecule has 128 valence electrons. The molecular weight excluding hydrogens is 322 g/mol. The zero-order valence-corrected chi connectivity index (χ0v) is 15.3. The van der Waals surface area contributed by atoms with Crippen LogP contribution in [-0.4, -0.2) is 14.5 Å². The van der Waals surface area contributed by atoms with Crippen LogP contribution in [0.25, 0.3) is 44.4 Å². The van der Waals surface area contributed by atoms with Gasteiger partial charge in [-0.2, -0.15) is 0 Å². The van der Waals surface area contributed by atoms with E-state index in [9.17, 15) is 0 Å². The lowest BCUT2D eigenvalue weighted by Crippen LogP contribution is -1.93. The molecule has 0 atom stereocenters. The van der Waals surface area contributed by atoms with E-state index in [0.717, 1.165) is 55.7 Å². The maximum absolute atomic E-state index is 6.25. The number of aromatic nitrogens is 3. The standard InChI is InChI=1S/C22H19N3O/c1-12-8-9-15-16-6-5-7-17(21(16)26-19(15)10-12)22-24-20-14(3)23-13(2)11-18(20)25(22)4/h5-11H,1-4H3. The maximum atomic E-state index is 6.25. The summed E-state index contributed by atoms with van der Waals surface area (Å²) >= 11 is 0. The smallest absolute Gasteiger partial charge is 0.146 e. The van der Waals surface area contributed by atoms with E-state index in [0.29, 0.717) is 0 Å². The molecule has 0 bridgehead atoms. The van der Waals surface area contributed by atoms with Crippen molar-refractivity contribution in [1.29, 1.82) is 0 Å². The van der Waals surface area contributed by atoms with E-state index in [4.69, 9.17) is 9.40 Å². The molecule has 2 aromatic carbocycles. The molecule has 0 amide bonds. The predicted octanol–water partition coefficient (Wildman–Crippen LogP) is 5.46. The van der Waals surface area contributed by atoms with Crippen LogP contribution >= 0.6 is 0 Å². The Morgan fingerprint density at radius 1 is 0.923 bits per heavy atom. The highest BCUT2D eigenvalue weighted by atomic mass is 16.3. The highest BCUT2D eigenvalue weighted by Crippen LogP contribution is 2.36. The Kier molecular flexibility index (Phi) is 3.02. The molecule has 0 spiro atoms. The van der Waals surface area contributed by atoms with Crippen LogP contribution in [0.15, 0.2) is 46.9 Å². The molecule has 5 rings (SSSR count). The van der Waals surface area contributed by atoms with Gasteiger partial charge in [0.25, 0.3) is 0 Å². The molecule has 3 aromatic heterocycles. The minimum Gasteiger partial charge on any atom is -0.455 e. The molecule has 0 unspecified atom stereocenters. The number of hydrogen-bond donors (Lipinski definition) is 0. The third-order valence-electron chi connectivity index (χ3n) is 5.07. The fourth-order valence-corrected chi connectivity index (χ4v) is 3.81. The van der Waals surface area contributed by atoms with Crippen molar-refractivity contribution >= 4 is 33.0 Å². The zero-order valence-electron chi connectivity index (χ0n) is 15.3. The van der Waals surface area contributed by atoms with Gasteiger partial charge in [0.15, 0.2) is 0 Å². The molecule has 0 N–H and O–H groups in total. The van der Waals surface area contributed by atoms with Crippen LogP contribution in [-0.2, 0) is 7.05 Å². The van der Waals surface area contributed by atoms with Crippen LogP contribution in [0.2, 0.25) is 0 Å². The Morgan fingerprint density at radius 2 is 1.77 bits per heavy atom. The molecule has 3 heterocycles. The Labute approximate surface area is 151 Å². The first-order valence-corrected chi connectivity index (χ1v) is 8.76. The second kappa shape index (κ2) is 5.18. The van der Waals surface area contributed by atoms with E-state index in [-0.39, 0.29) is 0 Å². The van der Waals surface area contributed by atoms with E-state index in [1.807, 2.05) is 13.8 Å². The minimum atomic E-state index is 0.883. The summed E-state index contributed by atoms with van der Waals surface area (Å²) in [7, 11) is 2.05. The molecule has 4 heteroatoms. The Balaban J connectivity index is 1.87. The van der Waals surface area contributed by atoms with E-state index in [1.54, 1.807) is 0 Å². The molecule has 4 nitrogen and oxygen atoms in total. The van der Waals surface area contributed by atoms with Crippen LogP contribution in [0.3, 0.4) is 0 Å². The van der Waals surface area contributed by atoms with Gasteiger partial charge in [0.05, 0.1) is 16.8 Å². The zero-order chi connectivity index (χ0) is 18.0. The minimum absolute atomic E-state index is 0.883. The number of fused-ring (bicyclic) bond motifs is 4. The number of para-hydroxylation sites is 1. The summed E-state index contributed by atoms with van der Waals surface area (Å²) < 4.78 is 8.38. The lowest BCUT2D eigenvalue weighted by Gasteiger charge is -2.03. The van der Waals surface area contributed by atoms with Crippen molar-refractivity contribution in [3.63, 3.8) is 0 Å². The Hall–Kier alpha value is -3.14. The van der Waals surface area contributed by atoms with Crippen molar-refractivity contribution in [2.24, 2.45) is 7.05 Å². The maximum Gasteiger partial charge on any atom is 0.146 e. The quantitative estimate of drug-likeness (QED) is 0.406. The summed E-state index contributed by atoms with van der Waals surface area (Å²) in [6.07, 6.45) is 0. The fourth-order valence-electron chi connectivity index (χ4n) is 3.81. The topological polar surface area (TPSA) is 43.9 Å². The molecular formula is C22H19N3O. The summed E-state index contributed by atoms with van der Waals surface area (Å²) in [5, 5.41) is 2.26. The van der Waals surface area contributed by atoms with Crippen molar-refractivity contribution in [2.75, 3.05) is 0 Å². The van der Waals surface area contributed by atoms with Gasteiger partial charge in [0.2, 0.25) is 0 Å². The highest BCUT2D eigenvalue weighted by Gasteiger charge is 2.18. The summed E-state index contributed by atoms with van der Waals surface area (Å²) in [6, 6.07) is 14.7. The first-order valence-electron chi connectivity index (χ1n) is 8.76. The molecule has 26 heavy (non-hydrogen) atoms. The first-order chi connectivity index (χ1) is 12.5. The van der Waals surface area contributed by atoms with Gasteiger partial charge in [0.1, 0.15) is 22.5 Å². The van der Waals surface area contributed by atoms with Crippen molar-refractivity contribution < 1.29 is 4.42 Å². The Bertz CT molecular complexity index is 1320. The largest absolute Gasteiger partial charge is 0.455 e. The van der Waals surface area contributed by atoms with Crippen molar-refractivity contribution in [3.05, 3.63) is 59.4 Å². The number of nitrogens with zero attached hydrogens (tertiary/aromatic N) is 3. The number of pyridine rings is 1. The van der Waals surface area contributed by atoms with Crippen LogP contribution in [0.1, 0.15) is 17.0 Å². The molecule has 0 radical (unpaired) electrons. The fraction of sp³-hybridized carbons (Fsp3) is 0.182. The second-order valence-corrected chi connectivity index (χ2v) is 7.00. The number of aryl methyl sites for hydroxylation is 4. The predicted molar refractivity (Wildman–Crippen MR) is 105 cm³/mol. The van der Waals surface area contributed by atoms with Gasteiger partial charge in [0, 0.05) is 23.5 Å². The number of benzene rings is 2.